The summed E-state index contributed by atoms with van der Waals surface area (Å²) in [6.07, 6.45) is 3.48. The maximum absolute atomic E-state index is 12.2. The molecule has 5 nitrogen and oxygen atoms in total. The maximum atomic E-state index is 12.2. The Hall–Kier alpha value is -3.08. The number of nitrogens with zero attached hydrogens (tertiary/aromatic N) is 2. The molecule has 0 aliphatic rings. The third-order valence-electron chi connectivity index (χ3n) is 3.01. The molecule has 3 rings (SSSR count). The smallest absolute Gasteiger partial charge is 0.255 e. The fraction of sp³-hybridized carbons (Fsp3) is 0. The van der Waals surface area contributed by atoms with Crippen LogP contribution < -0.4 is 5.32 Å². The van der Waals surface area contributed by atoms with E-state index >= 15 is 0 Å². The van der Waals surface area contributed by atoms with Gasteiger partial charge in [0.05, 0.1) is 11.4 Å². The van der Waals surface area contributed by atoms with Crippen LogP contribution in [-0.4, -0.2) is 20.8 Å². The molecule has 0 fully saturated rings. The van der Waals surface area contributed by atoms with Gasteiger partial charge in [-0.25, -0.2) is 4.68 Å². The number of hydrogen-bond acceptors (Lipinski definition) is 3. The highest BCUT2D eigenvalue weighted by Gasteiger charge is 2.10. The highest BCUT2D eigenvalue weighted by molar-refractivity contribution is 6.05. The molecule has 0 saturated heterocycles. The van der Waals surface area contributed by atoms with Crippen LogP contribution in [0.3, 0.4) is 0 Å². The van der Waals surface area contributed by atoms with Gasteiger partial charge in [0.15, 0.2) is 0 Å². The Morgan fingerprint density at radius 3 is 2.71 bits per heavy atom. The minimum Gasteiger partial charge on any atom is -0.508 e. The van der Waals surface area contributed by atoms with Gasteiger partial charge in [-0.3, -0.25) is 4.79 Å². The average molecular weight is 279 g/mol. The van der Waals surface area contributed by atoms with Gasteiger partial charge in [-0.1, -0.05) is 18.2 Å². The number of nitrogens with one attached hydrogen (secondary N) is 1. The summed E-state index contributed by atoms with van der Waals surface area (Å²) in [6, 6.07) is 15.4. The van der Waals surface area contributed by atoms with Crippen molar-refractivity contribution in [3.05, 3.63) is 72.6 Å². The molecule has 0 unspecified atom stereocenters. The maximum Gasteiger partial charge on any atom is 0.255 e. The molecule has 0 spiro atoms. The van der Waals surface area contributed by atoms with E-state index in [0.717, 1.165) is 5.69 Å². The van der Waals surface area contributed by atoms with E-state index in [-0.39, 0.29) is 11.7 Å². The van der Waals surface area contributed by atoms with Crippen molar-refractivity contribution in [1.82, 2.24) is 9.78 Å². The number of amides is 1. The van der Waals surface area contributed by atoms with E-state index in [9.17, 15) is 9.90 Å². The number of anilines is 1. The summed E-state index contributed by atoms with van der Waals surface area (Å²) in [5, 5.41) is 16.4. The lowest BCUT2D eigenvalue weighted by atomic mass is 10.2. The lowest BCUT2D eigenvalue weighted by Crippen LogP contribution is -2.13. The first-order valence-electron chi connectivity index (χ1n) is 6.43. The van der Waals surface area contributed by atoms with Gasteiger partial charge in [-0.05, 0) is 36.4 Å². The van der Waals surface area contributed by atoms with Crippen LogP contribution in [0.15, 0.2) is 67.0 Å². The predicted octanol–water partition coefficient (Wildman–Crippen LogP) is 2.83. The normalized spacial score (nSPS) is 10.3. The van der Waals surface area contributed by atoms with E-state index < -0.39 is 0 Å². The summed E-state index contributed by atoms with van der Waals surface area (Å²) in [4.78, 5) is 12.2. The van der Waals surface area contributed by atoms with E-state index in [1.54, 1.807) is 35.3 Å². The van der Waals surface area contributed by atoms with Gasteiger partial charge < -0.3 is 10.4 Å². The summed E-state index contributed by atoms with van der Waals surface area (Å²) in [6.45, 7) is 0. The third-order valence-corrected chi connectivity index (χ3v) is 3.01. The van der Waals surface area contributed by atoms with Crippen molar-refractivity contribution in [3.8, 4) is 11.4 Å². The monoisotopic (exact) mass is 279 g/mol. The Labute approximate surface area is 121 Å². The van der Waals surface area contributed by atoms with Crippen LogP contribution in [0.1, 0.15) is 10.4 Å². The van der Waals surface area contributed by atoms with Crippen molar-refractivity contribution in [3.63, 3.8) is 0 Å². The number of rotatable bonds is 3. The molecule has 21 heavy (non-hydrogen) atoms. The first-order chi connectivity index (χ1) is 10.2. The minimum atomic E-state index is -0.287. The van der Waals surface area contributed by atoms with Gasteiger partial charge in [0, 0.05) is 18.0 Å². The topological polar surface area (TPSA) is 67.2 Å². The van der Waals surface area contributed by atoms with Crippen molar-refractivity contribution in [2.24, 2.45) is 0 Å². The molecule has 1 heterocycles. The molecule has 104 valence electrons. The zero-order valence-electron chi connectivity index (χ0n) is 11.1. The molecule has 2 N–H and O–H groups in total. The van der Waals surface area contributed by atoms with Crippen LogP contribution in [0.2, 0.25) is 0 Å². The lowest BCUT2D eigenvalue weighted by Gasteiger charge is -2.11. The van der Waals surface area contributed by atoms with Crippen LogP contribution in [0.5, 0.6) is 5.75 Å². The van der Waals surface area contributed by atoms with Gasteiger partial charge in [0.25, 0.3) is 5.91 Å². The Morgan fingerprint density at radius 2 is 1.95 bits per heavy atom. The van der Waals surface area contributed by atoms with Gasteiger partial charge in [-0.2, -0.15) is 5.10 Å². The highest BCUT2D eigenvalue weighted by Crippen LogP contribution is 2.20. The summed E-state index contributed by atoms with van der Waals surface area (Å²) < 4.78 is 1.68. The quantitative estimate of drug-likeness (QED) is 0.774. The molecule has 0 saturated carbocycles. The van der Waals surface area contributed by atoms with E-state index in [4.69, 9.17) is 0 Å². The number of para-hydroxylation sites is 2. The molecule has 0 bridgehead atoms. The molecule has 3 aromatic rings. The first kappa shape index (κ1) is 12.9. The number of hydrogen-bond donors (Lipinski definition) is 2. The summed E-state index contributed by atoms with van der Waals surface area (Å²) in [7, 11) is 0. The number of phenols is 1. The summed E-state index contributed by atoms with van der Waals surface area (Å²) >= 11 is 0. The summed E-state index contributed by atoms with van der Waals surface area (Å²) in [5.74, 6) is -0.228. The number of carbonyl (C=O) groups is 1. The van der Waals surface area contributed by atoms with Crippen LogP contribution >= 0.6 is 0 Å². The molecule has 1 amide bonds. The van der Waals surface area contributed by atoms with E-state index in [0.29, 0.717) is 11.3 Å². The number of aromatic nitrogens is 2. The Bertz CT molecular complexity index is 767. The van der Waals surface area contributed by atoms with Gasteiger partial charge in [0.1, 0.15) is 5.75 Å². The van der Waals surface area contributed by atoms with Gasteiger partial charge >= 0.3 is 0 Å². The van der Waals surface area contributed by atoms with Crippen molar-refractivity contribution in [2.45, 2.75) is 0 Å². The fourth-order valence-corrected chi connectivity index (χ4v) is 2.03. The predicted molar refractivity (Wildman–Crippen MR) is 79.6 cm³/mol. The third kappa shape index (κ3) is 2.76. The lowest BCUT2D eigenvalue weighted by molar-refractivity contribution is 0.102. The Morgan fingerprint density at radius 1 is 1.10 bits per heavy atom. The standard InChI is InChI=1S/C16H13N3O2/c20-13-6-3-5-12(11-13)16(21)18-14-7-1-2-8-15(14)19-10-4-9-17-19/h1-11,20H,(H,18,21). The molecule has 0 aliphatic carbocycles. The van der Waals surface area contributed by atoms with Gasteiger partial charge in [-0.15, -0.1) is 0 Å². The molecular formula is C16H13N3O2. The van der Waals surface area contributed by atoms with Crippen molar-refractivity contribution >= 4 is 11.6 Å². The fourth-order valence-electron chi connectivity index (χ4n) is 2.03. The Balaban J connectivity index is 1.90. The molecular weight excluding hydrogens is 266 g/mol. The van der Waals surface area contributed by atoms with Crippen molar-refractivity contribution < 1.29 is 9.90 Å². The molecule has 0 radical (unpaired) electrons. The number of phenolic OH excluding ortho intramolecular Hbond substituents is 1. The summed E-state index contributed by atoms with van der Waals surface area (Å²) in [5.41, 5.74) is 1.82. The number of aromatic hydroxyl groups is 1. The van der Waals surface area contributed by atoms with Crippen molar-refractivity contribution in [1.29, 1.82) is 0 Å². The van der Waals surface area contributed by atoms with E-state index in [1.165, 1.54) is 12.1 Å². The first-order valence-corrected chi connectivity index (χ1v) is 6.43. The van der Waals surface area contributed by atoms with Crippen LogP contribution in [0.25, 0.3) is 5.69 Å². The van der Waals surface area contributed by atoms with Gasteiger partial charge in [0.2, 0.25) is 0 Å². The van der Waals surface area contributed by atoms with Crippen LogP contribution in [0, 0.1) is 0 Å². The van der Waals surface area contributed by atoms with Crippen molar-refractivity contribution in [2.75, 3.05) is 5.32 Å². The molecule has 0 aliphatic heterocycles. The number of carbonyl (C=O) groups excluding carboxylic acids is 1. The van der Waals surface area contributed by atoms with Crippen LogP contribution in [-0.2, 0) is 0 Å². The minimum absolute atomic E-state index is 0.0583. The largest absolute Gasteiger partial charge is 0.508 e. The second kappa shape index (κ2) is 5.50. The second-order valence-electron chi connectivity index (χ2n) is 4.47. The highest BCUT2D eigenvalue weighted by atomic mass is 16.3. The molecule has 2 aromatic carbocycles. The Kier molecular flexibility index (Phi) is 3.39. The molecule has 5 heteroatoms. The molecule has 0 atom stereocenters. The zero-order valence-corrected chi connectivity index (χ0v) is 11.1. The van der Waals surface area contributed by atoms with Crippen LogP contribution in [0.4, 0.5) is 5.69 Å². The van der Waals surface area contributed by atoms with E-state index in [2.05, 4.69) is 10.4 Å². The number of benzene rings is 2. The SMILES string of the molecule is O=C(Nc1ccccc1-n1cccn1)c1cccc(O)c1. The average Bonchev–Trinajstić information content (AvgIpc) is 3.02. The molecule has 1 aromatic heterocycles. The second-order valence-corrected chi connectivity index (χ2v) is 4.47. The zero-order chi connectivity index (χ0) is 14.7. The van der Waals surface area contributed by atoms with E-state index in [1.807, 2.05) is 24.3 Å².